The number of carbonyl (C=O) groups is 2. The van der Waals surface area contributed by atoms with Crippen LogP contribution in [0.5, 0.6) is 0 Å². The van der Waals surface area contributed by atoms with Gasteiger partial charge in [0.2, 0.25) is 11.8 Å². The summed E-state index contributed by atoms with van der Waals surface area (Å²) < 4.78 is 0. The summed E-state index contributed by atoms with van der Waals surface area (Å²) in [4.78, 5) is 39.6. The van der Waals surface area contributed by atoms with Crippen molar-refractivity contribution in [2.24, 2.45) is 5.92 Å². The molecular weight excluding hydrogens is 510 g/mol. The third kappa shape index (κ3) is 6.25. The van der Waals surface area contributed by atoms with Gasteiger partial charge >= 0.3 is 0 Å². The van der Waals surface area contributed by atoms with Crippen molar-refractivity contribution in [1.29, 1.82) is 0 Å². The predicted octanol–water partition coefficient (Wildman–Crippen LogP) is 5.24. The Kier molecular flexibility index (Phi) is 8.95. The van der Waals surface area contributed by atoms with Crippen molar-refractivity contribution in [3.05, 3.63) is 108 Å². The van der Waals surface area contributed by atoms with Crippen LogP contribution in [0.3, 0.4) is 0 Å². The first-order chi connectivity index (χ1) is 20.0. The number of amides is 2. The Bertz CT molecular complexity index is 1450. The molecule has 0 spiro atoms. The number of hydrogen-bond acceptors (Lipinski definition) is 4. The quantitative estimate of drug-likeness (QED) is 0.284. The van der Waals surface area contributed by atoms with Crippen molar-refractivity contribution in [3.8, 4) is 11.1 Å². The Labute approximate surface area is 242 Å². The minimum atomic E-state index is -0.600. The molecule has 4 aromatic rings. The van der Waals surface area contributed by atoms with Crippen molar-refractivity contribution in [3.63, 3.8) is 0 Å². The van der Waals surface area contributed by atoms with Crippen LogP contribution >= 0.6 is 0 Å². The van der Waals surface area contributed by atoms with E-state index in [4.69, 9.17) is 0 Å². The van der Waals surface area contributed by atoms with Gasteiger partial charge in [0.1, 0.15) is 6.04 Å². The number of hydrogen-bond donors (Lipinski definition) is 2. The average molecular weight is 550 g/mol. The van der Waals surface area contributed by atoms with Crippen LogP contribution in [-0.2, 0) is 29.0 Å². The van der Waals surface area contributed by atoms with Gasteiger partial charge in [-0.2, -0.15) is 0 Å². The van der Waals surface area contributed by atoms with E-state index in [-0.39, 0.29) is 17.7 Å². The number of nitrogens with zero attached hydrogens (tertiary/aromatic N) is 3. The van der Waals surface area contributed by atoms with E-state index in [1.54, 1.807) is 12.5 Å². The SMILES string of the molecule is CCN(C(=O)[C@@H]1Cc2ccccc2CN1C(=O)C(NCCc1cnc[nH]1)C(C)C)c1ccccc1-c1ccccc1. The zero-order valence-corrected chi connectivity index (χ0v) is 24.1. The number of aromatic amines is 1. The first-order valence-corrected chi connectivity index (χ1v) is 14.5. The summed E-state index contributed by atoms with van der Waals surface area (Å²) in [6.07, 6.45) is 4.69. The Morgan fingerprint density at radius 3 is 2.41 bits per heavy atom. The molecule has 5 rings (SSSR count). The summed E-state index contributed by atoms with van der Waals surface area (Å²) in [7, 11) is 0. The molecule has 212 valence electrons. The lowest BCUT2D eigenvalue weighted by atomic mass is 9.91. The topological polar surface area (TPSA) is 81.3 Å². The highest BCUT2D eigenvalue weighted by Crippen LogP contribution is 2.33. The fourth-order valence-electron chi connectivity index (χ4n) is 5.74. The van der Waals surface area contributed by atoms with Crippen LogP contribution in [0, 0.1) is 5.92 Å². The Morgan fingerprint density at radius 2 is 1.71 bits per heavy atom. The second kappa shape index (κ2) is 13.0. The van der Waals surface area contributed by atoms with Crippen LogP contribution in [0.1, 0.15) is 37.6 Å². The highest BCUT2D eigenvalue weighted by atomic mass is 16.2. The van der Waals surface area contributed by atoms with Gasteiger partial charge in [-0.05, 0) is 35.6 Å². The molecule has 41 heavy (non-hydrogen) atoms. The third-order valence-electron chi connectivity index (χ3n) is 7.92. The molecule has 7 nitrogen and oxygen atoms in total. The smallest absolute Gasteiger partial charge is 0.250 e. The van der Waals surface area contributed by atoms with Crippen molar-refractivity contribution >= 4 is 17.5 Å². The van der Waals surface area contributed by atoms with Crippen LogP contribution in [0.25, 0.3) is 11.1 Å². The van der Waals surface area contributed by atoms with Crippen LogP contribution in [0.15, 0.2) is 91.4 Å². The van der Waals surface area contributed by atoms with Gasteiger partial charge in [0, 0.05) is 49.9 Å². The number of imidazole rings is 1. The molecule has 2 heterocycles. The fraction of sp³-hybridized carbons (Fsp3) is 0.324. The second-order valence-corrected chi connectivity index (χ2v) is 10.9. The van der Waals surface area contributed by atoms with Crippen molar-refractivity contribution in [2.45, 2.75) is 52.2 Å². The Morgan fingerprint density at radius 1 is 1.00 bits per heavy atom. The summed E-state index contributed by atoms with van der Waals surface area (Å²) in [5, 5.41) is 3.48. The first kappa shape index (κ1) is 28.3. The lowest BCUT2D eigenvalue weighted by Crippen LogP contribution is -2.59. The molecule has 0 saturated carbocycles. The maximum atomic E-state index is 14.5. The summed E-state index contributed by atoms with van der Waals surface area (Å²) in [5.41, 5.74) is 6.14. The largest absolute Gasteiger partial charge is 0.348 e. The highest BCUT2D eigenvalue weighted by molar-refractivity contribution is 6.03. The van der Waals surface area contributed by atoms with E-state index in [9.17, 15) is 9.59 Å². The lowest BCUT2D eigenvalue weighted by molar-refractivity contribution is -0.143. The number of para-hydroxylation sites is 1. The van der Waals surface area contributed by atoms with Gasteiger partial charge in [-0.15, -0.1) is 0 Å². The van der Waals surface area contributed by atoms with Crippen LogP contribution < -0.4 is 10.2 Å². The zero-order valence-electron chi connectivity index (χ0n) is 24.1. The van der Waals surface area contributed by atoms with Gasteiger partial charge in [-0.1, -0.05) is 86.6 Å². The normalized spacial score (nSPS) is 15.4. The molecule has 2 amide bonds. The van der Waals surface area contributed by atoms with Gasteiger partial charge in [0.25, 0.3) is 0 Å². The van der Waals surface area contributed by atoms with Crippen molar-refractivity contribution < 1.29 is 9.59 Å². The third-order valence-corrected chi connectivity index (χ3v) is 7.92. The molecular formula is C34H39N5O2. The molecule has 3 aromatic carbocycles. The van der Waals surface area contributed by atoms with Crippen molar-refractivity contribution in [1.82, 2.24) is 20.2 Å². The number of likely N-dealkylation sites (N-methyl/N-ethyl adjacent to an activating group) is 1. The molecule has 1 aliphatic heterocycles. The Balaban J connectivity index is 1.46. The monoisotopic (exact) mass is 549 g/mol. The van der Waals surface area contributed by atoms with Gasteiger partial charge < -0.3 is 20.1 Å². The van der Waals surface area contributed by atoms with E-state index < -0.39 is 12.1 Å². The highest BCUT2D eigenvalue weighted by Gasteiger charge is 2.40. The molecule has 0 saturated heterocycles. The molecule has 2 atom stereocenters. The standard InChI is InChI=1S/C34H39N5O2/c1-4-38(30-17-11-10-16-29(30)25-12-6-5-7-13-25)33(40)31-20-26-14-8-9-15-27(26)22-39(31)34(41)32(24(2)3)36-19-18-28-21-35-23-37-28/h5-17,21,23-24,31-32,36H,4,18-20,22H2,1-3H3,(H,35,37)/t31-,32?/m0/s1. The molecule has 1 aromatic heterocycles. The number of rotatable bonds is 10. The Hall–Kier alpha value is -4.23. The molecule has 1 unspecified atom stereocenters. The maximum absolute atomic E-state index is 14.5. The van der Waals surface area contributed by atoms with Gasteiger partial charge in [-0.3, -0.25) is 9.59 Å². The van der Waals surface area contributed by atoms with Crippen LogP contribution in [0.4, 0.5) is 5.69 Å². The summed E-state index contributed by atoms with van der Waals surface area (Å²) in [5.74, 6) is -0.0400. The molecule has 0 radical (unpaired) electrons. The fourth-order valence-corrected chi connectivity index (χ4v) is 5.74. The second-order valence-electron chi connectivity index (χ2n) is 10.9. The van der Waals surface area contributed by atoms with E-state index in [1.807, 2.05) is 65.3 Å². The number of carbonyl (C=O) groups excluding carboxylic acids is 2. The van der Waals surface area contributed by atoms with E-state index in [0.717, 1.165) is 40.1 Å². The summed E-state index contributed by atoms with van der Waals surface area (Å²) in [6.45, 7) is 7.64. The van der Waals surface area contributed by atoms with Crippen molar-refractivity contribution in [2.75, 3.05) is 18.0 Å². The molecule has 0 aliphatic carbocycles. The number of aromatic nitrogens is 2. The average Bonchev–Trinajstić information content (AvgIpc) is 3.53. The summed E-state index contributed by atoms with van der Waals surface area (Å²) in [6, 6.07) is 25.3. The van der Waals surface area contributed by atoms with E-state index in [2.05, 4.69) is 59.5 Å². The number of benzene rings is 3. The number of fused-ring (bicyclic) bond motifs is 1. The maximum Gasteiger partial charge on any atom is 0.250 e. The van der Waals surface area contributed by atoms with Crippen LogP contribution in [-0.4, -0.2) is 51.9 Å². The predicted molar refractivity (Wildman–Crippen MR) is 163 cm³/mol. The zero-order chi connectivity index (χ0) is 28.8. The molecule has 7 heteroatoms. The van der Waals surface area contributed by atoms with E-state index in [0.29, 0.717) is 26.1 Å². The molecule has 0 fully saturated rings. The van der Waals surface area contributed by atoms with E-state index >= 15 is 0 Å². The summed E-state index contributed by atoms with van der Waals surface area (Å²) >= 11 is 0. The van der Waals surface area contributed by atoms with E-state index in [1.165, 1.54) is 0 Å². The molecule has 0 bridgehead atoms. The lowest BCUT2D eigenvalue weighted by Gasteiger charge is -2.41. The molecule has 1 aliphatic rings. The number of anilines is 1. The van der Waals surface area contributed by atoms with Gasteiger partial charge in [0.15, 0.2) is 0 Å². The first-order valence-electron chi connectivity index (χ1n) is 14.5. The number of H-pyrrole nitrogens is 1. The van der Waals surface area contributed by atoms with Gasteiger partial charge in [0.05, 0.1) is 18.1 Å². The molecule has 2 N–H and O–H groups in total. The van der Waals surface area contributed by atoms with Crippen LogP contribution in [0.2, 0.25) is 0 Å². The number of nitrogens with one attached hydrogen (secondary N) is 2. The minimum absolute atomic E-state index is 0.0372. The minimum Gasteiger partial charge on any atom is -0.348 e. The van der Waals surface area contributed by atoms with Gasteiger partial charge in [-0.25, -0.2) is 4.98 Å².